The van der Waals surface area contributed by atoms with Crippen LogP contribution in [0.4, 0.5) is 0 Å². The van der Waals surface area contributed by atoms with Crippen LogP contribution in [0.3, 0.4) is 0 Å². The fraction of sp³-hybridized carbons (Fsp3) is 0.412. The van der Waals surface area contributed by atoms with E-state index in [9.17, 15) is 9.90 Å². The van der Waals surface area contributed by atoms with Gasteiger partial charge in [0.05, 0.1) is 5.57 Å². The van der Waals surface area contributed by atoms with E-state index in [-0.39, 0.29) is 0 Å². The lowest BCUT2D eigenvalue weighted by Gasteiger charge is -2.25. The molecule has 0 spiro atoms. The lowest BCUT2D eigenvalue weighted by atomic mass is 9.95. The van der Waals surface area contributed by atoms with E-state index < -0.39 is 12.0 Å². The van der Waals surface area contributed by atoms with Crippen molar-refractivity contribution in [3.8, 4) is 0 Å². The Bertz CT molecular complexity index is 635. The number of hydrogen-bond donors (Lipinski definition) is 2. The molecule has 5 heteroatoms. The maximum absolute atomic E-state index is 11.6. The van der Waals surface area contributed by atoms with E-state index in [1.54, 1.807) is 18.7 Å². The Morgan fingerprint density at radius 3 is 2.73 bits per heavy atom. The van der Waals surface area contributed by atoms with Gasteiger partial charge < -0.3 is 10.4 Å². The van der Waals surface area contributed by atoms with Gasteiger partial charge in [0, 0.05) is 11.4 Å². The molecule has 1 atom stereocenters. The summed E-state index contributed by atoms with van der Waals surface area (Å²) in [6, 6.07) is 7.43. The first kappa shape index (κ1) is 16.6. The number of carboxylic acids is 1. The summed E-state index contributed by atoms with van der Waals surface area (Å²) in [7, 11) is 0. The molecule has 2 N–H and O–H groups in total. The fourth-order valence-electron chi connectivity index (χ4n) is 2.32. The van der Waals surface area contributed by atoms with Crippen LogP contribution in [0, 0.1) is 12.8 Å². The number of benzene rings is 1. The maximum Gasteiger partial charge on any atom is 0.335 e. The van der Waals surface area contributed by atoms with Crippen LogP contribution in [-0.4, -0.2) is 22.0 Å². The van der Waals surface area contributed by atoms with Gasteiger partial charge in [0.15, 0.2) is 5.17 Å². The van der Waals surface area contributed by atoms with Crippen molar-refractivity contribution in [1.29, 1.82) is 0 Å². The summed E-state index contributed by atoms with van der Waals surface area (Å²) < 4.78 is 0. The van der Waals surface area contributed by atoms with Crippen LogP contribution in [0.1, 0.15) is 37.9 Å². The third-order valence-corrected chi connectivity index (χ3v) is 4.67. The second kappa shape index (κ2) is 7.01. The maximum atomic E-state index is 11.6. The number of thioether (sulfide) groups is 1. The van der Waals surface area contributed by atoms with Crippen LogP contribution < -0.4 is 5.32 Å². The minimum atomic E-state index is -0.923. The average molecular weight is 318 g/mol. The molecule has 0 radical (unpaired) electrons. The van der Waals surface area contributed by atoms with Crippen LogP contribution in [0.15, 0.2) is 40.5 Å². The molecular weight excluding hydrogens is 296 g/mol. The smallest absolute Gasteiger partial charge is 0.335 e. The lowest BCUT2D eigenvalue weighted by molar-refractivity contribution is -0.133. The third kappa shape index (κ3) is 3.91. The highest BCUT2D eigenvalue weighted by Crippen LogP contribution is 2.32. The molecule has 0 aromatic heterocycles. The van der Waals surface area contributed by atoms with Crippen LogP contribution in [0.2, 0.25) is 0 Å². The van der Waals surface area contributed by atoms with Gasteiger partial charge in [-0.1, -0.05) is 55.4 Å². The van der Waals surface area contributed by atoms with Crippen molar-refractivity contribution in [3.63, 3.8) is 0 Å². The molecule has 0 amide bonds. The van der Waals surface area contributed by atoms with E-state index in [1.807, 2.05) is 31.2 Å². The number of aryl methyl sites for hydroxylation is 1. The van der Waals surface area contributed by atoms with Crippen molar-refractivity contribution < 1.29 is 9.90 Å². The summed E-state index contributed by atoms with van der Waals surface area (Å²) in [6.07, 6.45) is 0. The van der Waals surface area contributed by atoms with E-state index >= 15 is 0 Å². The Morgan fingerprint density at radius 2 is 2.14 bits per heavy atom. The molecule has 1 aromatic rings. The molecule has 118 valence electrons. The van der Waals surface area contributed by atoms with Crippen LogP contribution in [0.25, 0.3) is 0 Å². The van der Waals surface area contributed by atoms with Gasteiger partial charge in [-0.15, -0.1) is 0 Å². The molecule has 1 unspecified atom stereocenters. The molecule has 0 saturated carbocycles. The molecular formula is C17H22N2O2S. The Labute approximate surface area is 135 Å². The number of nitrogens with zero attached hydrogens (tertiary/aromatic N) is 1. The first-order valence-corrected chi connectivity index (χ1v) is 8.35. The number of aliphatic imine (C=N–C) groups is 1. The minimum Gasteiger partial charge on any atom is -0.478 e. The lowest BCUT2D eigenvalue weighted by Crippen LogP contribution is -2.30. The van der Waals surface area contributed by atoms with Crippen molar-refractivity contribution in [1.82, 2.24) is 5.32 Å². The van der Waals surface area contributed by atoms with Gasteiger partial charge in [-0.05, 0) is 25.3 Å². The van der Waals surface area contributed by atoms with Crippen LogP contribution >= 0.6 is 11.8 Å². The summed E-state index contributed by atoms with van der Waals surface area (Å²) in [6.45, 7) is 8.11. The van der Waals surface area contributed by atoms with Crippen molar-refractivity contribution in [3.05, 3.63) is 46.7 Å². The van der Waals surface area contributed by atoms with Gasteiger partial charge in [-0.3, -0.25) is 0 Å². The van der Waals surface area contributed by atoms with E-state index in [1.165, 1.54) is 0 Å². The molecule has 1 aromatic carbocycles. The molecule has 1 aliphatic heterocycles. The number of hydrogen-bond acceptors (Lipinski definition) is 4. The SMILES string of the molecule is CC1=C(C(=O)O)C(c2cccc(C)c2)N=C(SCC(C)C)N1. The highest BCUT2D eigenvalue weighted by Gasteiger charge is 2.29. The predicted molar refractivity (Wildman–Crippen MR) is 92.1 cm³/mol. The Morgan fingerprint density at radius 1 is 1.41 bits per heavy atom. The molecule has 2 rings (SSSR count). The average Bonchev–Trinajstić information content (AvgIpc) is 2.44. The Balaban J connectivity index is 2.38. The topological polar surface area (TPSA) is 61.7 Å². The number of allylic oxidation sites excluding steroid dienone is 1. The minimum absolute atomic E-state index is 0.319. The number of carboxylic acid groups (broad SMARTS) is 1. The Hall–Kier alpha value is -1.75. The fourth-order valence-corrected chi connectivity index (χ4v) is 3.22. The monoisotopic (exact) mass is 318 g/mol. The number of nitrogens with one attached hydrogen (secondary N) is 1. The van der Waals surface area contributed by atoms with Gasteiger partial charge in [0.2, 0.25) is 0 Å². The molecule has 0 bridgehead atoms. The number of carbonyl (C=O) groups is 1. The second-order valence-corrected chi connectivity index (χ2v) is 6.93. The number of aliphatic carboxylic acids is 1. The quantitative estimate of drug-likeness (QED) is 0.887. The molecule has 22 heavy (non-hydrogen) atoms. The third-order valence-electron chi connectivity index (χ3n) is 3.36. The number of amidine groups is 1. The van der Waals surface area contributed by atoms with E-state index in [0.717, 1.165) is 22.0 Å². The molecule has 1 heterocycles. The normalized spacial score (nSPS) is 18.2. The van der Waals surface area contributed by atoms with Crippen molar-refractivity contribution in [2.75, 3.05) is 5.75 Å². The summed E-state index contributed by atoms with van der Waals surface area (Å²) in [5.41, 5.74) is 3.01. The van der Waals surface area contributed by atoms with Gasteiger partial charge in [0.1, 0.15) is 6.04 Å². The summed E-state index contributed by atoms with van der Waals surface area (Å²) in [5, 5.41) is 13.5. The zero-order valence-corrected chi connectivity index (χ0v) is 14.2. The highest BCUT2D eigenvalue weighted by molar-refractivity contribution is 8.13. The first-order chi connectivity index (χ1) is 10.4. The second-order valence-electron chi connectivity index (χ2n) is 5.92. The van der Waals surface area contributed by atoms with Crippen molar-refractivity contribution >= 4 is 22.9 Å². The van der Waals surface area contributed by atoms with Gasteiger partial charge >= 0.3 is 5.97 Å². The zero-order valence-electron chi connectivity index (χ0n) is 13.4. The van der Waals surface area contributed by atoms with Crippen molar-refractivity contribution in [2.24, 2.45) is 10.9 Å². The molecule has 1 aliphatic rings. The number of rotatable bonds is 4. The molecule has 4 nitrogen and oxygen atoms in total. The zero-order chi connectivity index (χ0) is 16.3. The molecule has 0 aliphatic carbocycles. The van der Waals surface area contributed by atoms with Crippen LogP contribution in [0.5, 0.6) is 0 Å². The molecule has 0 fully saturated rings. The van der Waals surface area contributed by atoms with Gasteiger partial charge in [0.25, 0.3) is 0 Å². The highest BCUT2D eigenvalue weighted by atomic mass is 32.2. The largest absolute Gasteiger partial charge is 0.478 e. The van der Waals surface area contributed by atoms with Gasteiger partial charge in [-0.2, -0.15) is 0 Å². The van der Waals surface area contributed by atoms with Gasteiger partial charge in [-0.25, -0.2) is 9.79 Å². The first-order valence-electron chi connectivity index (χ1n) is 7.36. The molecule has 0 saturated heterocycles. The summed E-state index contributed by atoms with van der Waals surface area (Å²) in [5.74, 6) is 0.576. The van der Waals surface area contributed by atoms with E-state index in [2.05, 4.69) is 24.2 Å². The Kier molecular flexibility index (Phi) is 5.29. The van der Waals surface area contributed by atoms with E-state index in [0.29, 0.717) is 17.2 Å². The summed E-state index contributed by atoms with van der Waals surface area (Å²) in [4.78, 5) is 16.3. The predicted octanol–water partition coefficient (Wildman–Crippen LogP) is 3.74. The standard InChI is InChI=1S/C17H22N2O2S/c1-10(2)9-22-17-18-12(4)14(16(20)21)15(19-17)13-7-5-6-11(3)8-13/h5-8,10,15H,9H2,1-4H3,(H,18,19)(H,20,21). The van der Waals surface area contributed by atoms with Crippen molar-refractivity contribution in [2.45, 2.75) is 33.7 Å². The summed E-state index contributed by atoms with van der Waals surface area (Å²) >= 11 is 1.64. The van der Waals surface area contributed by atoms with Crippen LogP contribution in [-0.2, 0) is 4.79 Å². The van der Waals surface area contributed by atoms with E-state index in [4.69, 9.17) is 0 Å².